The lowest BCUT2D eigenvalue weighted by Gasteiger charge is -2.10. The molecule has 1 rings (SSSR count). The van der Waals surface area contributed by atoms with Gasteiger partial charge in [0.1, 0.15) is 5.82 Å². The standard InChI is InChI=1S/C14H26N4O/c1-5-15-14-17-12(4)9-13(18-14)16-7-6-8-19-10-11(2)3/h9,11H,5-8,10H2,1-4H3,(H2,15,16,17,18). The van der Waals surface area contributed by atoms with Gasteiger partial charge in [-0.15, -0.1) is 0 Å². The lowest BCUT2D eigenvalue weighted by atomic mass is 10.2. The molecule has 108 valence electrons. The molecule has 0 aliphatic heterocycles. The number of nitrogens with one attached hydrogen (secondary N) is 2. The van der Waals surface area contributed by atoms with Crippen LogP contribution in [0.2, 0.25) is 0 Å². The second-order valence-electron chi connectivity index (χ2n) is 5.00. The fourth-order valence-electron chi connectivity index (χ4n) is 1.61. The minimum absolute atomic E-state index is 0.597. The number of rotatable bonds is 9. The Labute approximate surface area is 116 Å². The highest BCUT2D eigenvalue weighted by Crippen LogP contribution is 2.09. The molecule has 0 radical (unpaired) electrons. The van der Waals surface area contributed by atoms with Gasteiger partial charge in [-0.2, -0.15) is 4.98 Å². The average Bonchev–Trinajstić information content (AvgIpc) is 2.33. The zero-order valence-corrected chi connectivity index (χ0v) is 12.5. The molecule has 19 heavy (non-hydrogen) atoms. The van der Waals surface area contributed by atoms with E-state index in [9.17, 15) is 0 Å². The summed E-state index contributed by atoms with van der Waals surface area (Å²) in [5.41, 5.74) is 0.963. The minimum atomic E-state index is 0.597. The zero-order valence-electron chi connectivity index (χ0n) is 12.5. The first kappa shape index (κ1) is 15.7. The van der Waals surface area contributed by atoms with Gasteiger partial charge in [0, 0.05) is 38.1 Å². The third kappa shape index (κ3) is 6.96. The smallest absolute Gasteiger partial charge is 0.224 e. The predicted molar refractivity (Wildman–Crippen MR) is 79.7 cm³/mol. The maximum atomic E-state index is 5.53. The molecule has 5 heteroatoms. The summed E-state index contributed by atoms with van der Waals surface area (Å²) in [6.07, 6.45) is 0.978. The van der Waals surface area contributed by atoms with Crippen LogP contribution in [-0.2, 0) is 4.74 Å². The van der Waals surface area contributed by atoms with Gasteiger partial charge in [0.15, 0.2) is 0 Å². The largest absolute Gasteiger partial charge is 0.381 e. The molecular weight excluding hydrogens is 240 g/mol. The summed E-state index contributed by atoms with van der Waals surface area (Å²) in [5.74, 6) is 2.15. The van der Waals surface area contributed by atoms with E-state index in [-0.39, 0.29) is 0 Å². The van der Waals surface area contributed by atoms with E-state index in [0.717, 1.165) is 44.2 Å². The average molecular weight is 266 g/mol. The van der Waals surface area contributed by atoms with E-state index >= 15 is 0 Å². The van der Waals surface area contributed by atoms with Crippen LogP contribution in [0.4, 0.5) is 11.8 Å². The van der Waals surface area contributed by atoms with E-state index < -0.39 is 0 Å². The first-order valence-electron chi connectivity index (χ1n) is 7.03. The van der Waals surface area contributed by atoms with Gasteiger partial charge in [0.2, 0.25) is 5.95 Å². The van der Waals surface area contributed by atoms with Crippen molar-refractivity contribution in [1.82, 2.24) is 9.97 Å². The molecule has 0 aromatic carbocycles. The second kappa shape index (κ2) is 8.69. The predicted octanol–water partition coefficient (Wildman–Crippen LogP) is 2.69. The molecule has 0 bridgehead atoms. The van der Waals surface area contributed by atoms with Gasteiger partial charge in [-0.25, -0.2) is 4.98 Å². The summed E-state index contributed by atoms with van der Waals surface area (Å²) in [6.45, 7) is 11.6. The van der Waals surface area contributed by atoms with E-state index in [1.54, 1.807) is 0 Å². The second-order valence-corrected chi connectivity index (χ2v) is 5.00. The molecule has 0 amide bonds. The molecule has 2 N–H and O–H groups in total. The first-order chi connectivity index (χ1) is 9.11. The van der Waals surface area contributed by atoms with Crippen LogP contribution in [0.5, 0.6) is 0 Å². The van der Waals surface area contributed by atoms with Crippen LogP contribution in [0.25, 0.3) is 0 Å². The normalized spacial score (nSPS) is 10.8. The van der Waals surface area contributed by atoms with Crippen molar-refractivity contribution in [3.8, 4) is 0 Å². The van der Waals surface area contributed by atoms with Crippen LogP contribution in [0.3, 0.4) is 0 Å². The number of hydrogen-bond donors (Lipinski definition) is 2. The quantitative estimate of drug-likeness (QED) is 0.673. The minimum Gasteiger partial charge on any atom is -0.381 e. The Bertz CT molecular complexity index is 368. The van der Waals surface area contributed by atoms with E-state index in [2.05, 4.69) is 34.4 Å². The summed E-state index contributed by atoms with van der Waals surface area (Å²) in [5, 5.41) is 6.43. The SMILES string of the molecule is CCNc1nc(C)cc(NCCCOCC(C)C)n1. The Balaban J connectivity index is 2.28. The third-order valence-electron chi connectivity index (χ3n) is 2.41. The molecule has 0 atom stereocenters. The number of aromatic nitrogens is 2. The number of anilines is 2. The highest BCUT2D eigenvalue weighted by atomic mass is 16.5. The summed E-state index contributed by atoms with van der Waals surface area (Å²) in [7, 11) is 0. The molecule has 0 saturated heterocycles. The van der Waals surface area contributed by atoms with E-state index in [1.165, 1.54) is 0 Å². The first-order valence-corrected chi connectivity index (χ1v) is 7.03. The summed E-state index contributed by atoms with van der Waals surface area (Å²) in [4.78, 5) is 8.71. The van der Waals surface area contributed by atoms with Crippen LogP contribution in [0.15, 0.2) is 6.07 Å². The topological polar surface area (TPSA) is 59.1 Å². The van der Waals surface area contributed by atoms with Gasteiger partial charge in [0.25, 0.3) is 0 Å². The summed E-state index contributed by atoms with van der Waals surface area (Å²) < 4.78 is 5.53. The number of nitrogens with zero attached hydrogens (tertiary/aromatic N) is 2. The number of ether oxygens (including phenoxy) is 1. The Kier molecular flexibility index (Phi) is 7.18. The Morgan fingerprint density at radius 1 is 1.26 bits per heavy atom. The summed E-state index contributed by atoms with van der Waals surface area (Å²) in [6, 6.07) is 1.95. The molecule has 1 aromatic heterocycles. The maximum absolute atomic E-state index is 5.53. The van der Waals surface area contributed by atoms with Gasteiger partial charge in [-0.1, -0.05) is 13.8 Å². The van der Waals surface area contributed by atoms with Crippen molar-refractivity contribution in [2.45, 2.75) is 34.1 Å². The van der Waals surface area contributed by atoms with Crippen molar-refractivity contribution in [2.24, 2.45) is 5.92 Å². The molecule has 0 aliphatic carbocycles. The Morgan fingerprint density at radius 3 is 2.74 bits per heavy atom. The molecule has 0 spiro atoms. The van der Waals surface area contributed by atoms with Gasteiger partial charge in [0.05, 0.1) is 0 Å². The highest BCUT2D eigenvalue weighted by molar-refractivity contribution is 5.41. The van der Waals surface area contributed by atoms with Crippen molar-refractivity contribution in [2.75, 3.05) is 36.9 Å². The highest BCUT2D eigenvalue weighted by Gasteiger charge is 2.00. The van der Waals surface area contributed by atoms with Crippen molar-refractivity contribution in [3.63, 3.8) is 0 Å². The van der Waals surface area contributed by atoms with Crippen molar-refractivity contribution in [1.29, 1.82) is 0 Å². The fourth-order valence-corrected chi connectivity index (χ4v) is 1.61. The van der Waals surface area contributed by atoms with Crippen LogP contribution in [0, 0.1) is 12.8 Å². The maximum Gasteiger partial charge on any atom is 0.224 e. The molecule has 5 nitrogen and oxygen atoms in total. The van der Waals surface area contributed by atoms with Gasteiger partial charge in [-0.05, 0) is 26.2 Å². The molecule has 0 fully saturated rings. The van der Waals surface area contributed by atoms with E-state index in [4.69, 9.17) is 4.74 Å². The van der Waals surface area contributed by atoms with Gasteiger partial charge in [-0.3, -0.25) is 0 Å². The van der Waals surface area contributed by atoms with Crippen LogP contribution >= 0.6 is 0 Å². The molecule has 0 saturated carbocycles. The molecule has 1 aromatic rings. The van der Waals surface area contributed by atoms with E-state index in [0.29, 0.717) is 11.9 Å². The van der Waals surface area contributed by atoms with Crippen LogP contribution in [0.1, 0.15) is 32.9 Å². The number of aryl methyl sites for hydroxylation is 1. The van der Waals surface area contributed by atoms with Crippen molar-refractivity contribution in [3.05, 3.63) is 11.8 Å². The molecule has 1 heterocycles. The van der Waals surface area contributed by atoms with Gasteiger partial charge >= 0.3 is 0 Å². The fraction of sp³-hybridized carbons (Fsp3) is 0.714. The van der Waals surface area contributed by atoms with Gasteiger partial charge < -0.3 is 15.4 Å². The van der Waals surface area contributed by atoms with Crippen molar-refractivity contribution >= 4 is 11.8 Å². The van der Waals surface area contributed by atoms with Crippen LogP contribution in [-0.4, -0.2) is 36.3 Å². The Hall–Kier alpha value is -1.36. The molecule has 0 aliphatic rings. The third-order valence-corrected chi connectivity index (χ3v) is 2.41. The Morgan fingerprint density at radius 2 is 2.05 bits per heavy atom. The van der Waals surface area contributed by atoms with Crippen LogP contribution < -0.4 is 10.6 Å². The van der Waals surface area contributed by atoms with Crippen molar-refractivity contribution < 1.29 is 4.74 Å². The zero-order chi connectivity index (χ0) is 14.1. The summed E-state index contributed by atoms with van der Waals surface area (Å²) >= 11 is 0. The molecular formula is C14H26N4O. The van der Waals surface area contributed by atoms with E-state index in [1.807, 2.05) is 19.9 Å². The monoisotopic (exact) mass is 266 g/mol. The lowest BCUT2D eigenvalue weighted by Crippen LogP contribution is -2.11. The lowest BCUT2D eigenvalue weighted by molar-refractivity contribution is 0.110. The number of hydrogen-bond acceptors (Lipinski definition) is 5. The molecule has 0 unspecified atom stereocenters.